The van der Waals surface area contributed by atoms with Gasteiger partial charge in [-0.1, -0.05) is 0 Å². The topological polar surface area (TPSA) is 179 Å². The number of nitro groups is 2. The molecule has 12 nitrogen and oxygen atoms in total. The lowest BCUT2D eigenvalue weighted by molar-refractivity contribution is -0.394. The number of non-ortho nitro benzene ring substituents is 1. The van der Waals surface area contributed by atoms with Crippen molar-refractivity contribution in [1.29, 1.82) is 0 Å². The van der Waals surface area contributed by atoms with E-state index in [0.29, 0.717) is 6.07 Å². The van der Waals surface area contributed by atoms with Crippen LogP contribution in [0.15, 0.2) is 26.8 Å². The molecule has 0 aromatic heterocycles. The van der Waals surface area contributed by atoms with Gasteiger partial charge < -0.3 is 9.59 Å². The summed E-state index contributed by atoms with van der Waals surface area (Å²) in [6.07, 6.45) is -0.0729. The molecule has 0 radical (unpaired) electrons. The lowest BCUT2D eigenvalue weighted by Gasteiger charge is -2.17. The molecule has 0 bridgehead atoms. The molecule has 13 heteroatoms. The fourth-order valence-electron chi connectivity index (χ4n) is 1.72. The summed E-state index contributed by atoms with van der Waals surface area (Å²) < 4.78 is -0.333. The van der Waals surface area contributed by atoms with E-state index in [0.717, 1.165) is 6.07 Å². The zero-order valence-electron chi connectivity index (χ0n) is 12.0. The van der Waals surface area contributed by atoms with Crippen molar-refractivity contribution in [1.82, 2.24) is 0 Å². The predicted molar refractivity (Wildman–Crippen MR) is 82.0 cm³/mol. The minimum atomic E-state index is -2.58. The zero-order chi connectivity index (χ0) is 19.2. The Morgan fingerprint density at radius 2 is 1.60 bits per heavy atom. The van der Waals surface area contributed by atoms with E-state index in [4.69, 9.17) is 0 Å². The zero-order valence-corrected chi connectivity index (χ0v) is 13.6. The highest BCUT2D eigenvalue weighted by molar-refractivity contribution is 9.10. The Morgan fingerprint density at radius 1 is 1.04 bits per heavy atom. The molecule has 0 fully saturated rings. The molecule has 1 aromatic rings. The van der Waals surface area contributed by atoms with Crippen LogP contribution >= 0.6 is 15.9 Å². The summed E-state index contributed by atoms with van der Waals surface area (Å²) in [7, 11) is 0. The molecular weight excluding hydrogens is 408 g/mol. The Kier molecular flexibility index (Phi) is 6.38. The molecule has 0 atom stereocenters. The van der Waals surface area contributed by atoms with Crippen LogP contribution in [-0.4, -0.2) is 41.0 Å². The number of nitrogens with zero attached hydrogens (tertiary/aromatic N) is 4. The Balaban J connectivity index is 3.77. The molecule has 0 spiro atoms. The van der Waals surface area contributed by atoms with Gasteiger partial charge in [-0.25, -0.2) is 0 Å². The number of aldehydes is 4. The Hall–Kier alpha value is -3.22. The molecular formula is C12H7BrN4O8. The molecule has 0 amide bonds. The molecule has 0 saturated heterocycles. The number of azo groups is 1. The third-order valence-corrected chi connectivity index (χ3v) is 3.48. The Morgan fingerprint density at radius 3 is 2.00 bits per heavy atom. The summed E-state index contributed by atoms with van der Waals surface area (Å²) >= 11 is 2.83. The molecule has 0 saturated carbocycles. The second-order valence-corrected chi connectivity index (χ2v) is 5.23. The van der Waals surface area contributed by atoms with Gasteiger partial charge in [-0.15, -0.1) is 0 Å². The number of carbonyl (C=O) groups excluding carboxylic acids is 4. The monoisotopic (exact) mass is 414 g/mol. The van der Waals surface area contributed by atoms with Crippen molar-refractivity contribution in [3.63, 3.8) is 0 Å². The van der Waals surface area contributed by atoms with Crippen LogP contribution in [-0.2, 0) is 24.7 Å². The van der Waals surface area contributed by atoms with Crippen LogP contribution in [0.3, 0.4) is 0 Å². The number of rotatable bonds is 9. The maximum Gasteiger partial charge on any atom is 0.284 e. The van der Waals surface area contributed by atoms with Crippen LogP contribution in [0.4, 0.5) is 11.4 Å². The van der Waals surface area contributed by atoms with E-state index in [-0.39, 0.29) is 29.6 Å². The summed E-state index contributed by atoms with van der Waals surface area (Å²) in [5.41, 5.74) is -4.84. The van der Waals surface area contributed by atoms with E-state index in [1.54, 1.807) is 0 Å². The van der Waals surface area contributed by atoms with Crippen LogP contribution in [0, 0.1) is 20.2 Å². The maximum atomic E-state index is 11.5. The van der Waals surface area contributed by atoms with Gasteiger partial charge in [0.25, 0.3) is 11.4 Å². The highest BCUT2D eigenvalue weighted by atomic mass is 79.9. The number of hydrogen-bond donors (Lipinski definition) is 0. The summed E-state index contributed by atoms with van der Waals surface area (Å²) in [6, 6.07) is -0.264. The smallest absolute Gasteiger partial charge is 0.284 e. The van der Waals surface area contributed by atoms with Crippen LogP contribution < -0.4 is 0 Å². The molecule has 0 aliphatic carbocycles. The van der Waals surface area contributed by atoms with Crippen LogP contribution in [0.5, 0.6) is 0 Å². The summed E-state index contributed by atoms with van der Waals surface area (Å²) in [5, 5.41) is 28.6. The van der Waals surface area contributed by atoms with Crippen molar-refractivity contribution in [3.8, 4) is 0 Å². The third-order valence-electron chi connectivity index (χ3n) is 2.86. The van der Waals surface area contributed by atoms with E-state index >= 15 is 0 Å². The van der Waals surface area contributed by atoms with Crippen LogP contribution in [0.1, 0.15) is 5.56 Å². The standard InChI is InChI=1S/C12H7BrN4O8/c13-9-1-8(16(22)23)2-10(17(24)25)11(9)12(5-20,6-21)15-14-7(3-18)4-19/h1-7H. The number of carbonyl (C=O) groups is 4. The summed E-state index contributed by atoms with van der Waals surface area (Å²) in [6.45, 7) is 0. The van der Waals surface area contributed by atoms with Gasteiger partial charge in [0.2, 0.25) is 5.54 Å². The molecule has 0 aliphatic heterocycles. The first kappa shape index (κ1) is 19.8. The minimum absolute atomic E-state index is 0.0656. The van der Waals surface area contributed by atoms with Crippen molar-refractivity contribution in [2.75, 3.05) is 0 Å². The van der Waals surface area contributed by atoms with Gasteiger partial charge in [-0.2, -0.15) is 10.2 Å². The van der Waals surface area contributed by atoms with Crippen molar-refractivity contribution in [2.24, 2.45) is 10.2 Å². The first-order valence-electron chi connectivity index (χ1n) is 6.14. The average Bonchev–Trinajstić information content (AvgIpc) is 2.59. The molecule has 0 unspecified atom stereocenters. The average molecular weight is 415 g/mol. The quantitative estimate of drug-likeness (QED) is 0.189. The molecule has 1 aromatic carbocycles. The largest absolute Gasteiger partial charge is 0.300 e. The van der Waals surface area contributed by atoms with Crippen molar-refractivity contribution >= 4 is 52.4 Å². The highest BCUT2D eigenvalue weighted by Crippen LogP contribution is 2.39. The first-order valence-corrected chi connectivity index (χ1v) is 6.93. The molecule has 0 N–H and O–H groups in total. The van der Waals surface area contributed by atoms with Gasteiger partial charge in [0.1, 0.15) is 0 Å². The molecule has 25 heavy (non-hydrogen) atoms. The number of benzene rings is 1. The first-order chi connectivity index (χ1) is 11.8. The number of nitro benzene ring substituents is 2. The SMILES string of the molecule is O=CC(C=O)N=NC(C=O)(C=O)c1c(Br)cc([N+](=O)[O-])cc1[N+](=O)[O-]. The second kappa shape index (κ2) is 8.05. The van der Waals surface area contributed by atoms with Crippen molar-refractivity contribution in [2.45, 2.75) is 11.6 Å². The molecule has 130 valence electrons. The van der Waals surface area contributed by atoms with Gasteiger partial charge in [0.05, 0.1) is 21.5 Å². The molecule has 0 heterocycles. The number of halogens is 1. The summed E-state index contributed by atoms with van der Waals surface area (Å²) in [4.78, 5) is 64.1. The third kappa shape index (κ3) is 4.00. The number of hydrogen-bond acceptors (Lipinski definition) is 10. The van der Waals surface area contributed by atoms with E-state index < -0.39 is 38.4 Å². The second-order valence-electron chi connectivity index (χ2n) is 4.38. The van der Waals surface area contributed by atoms with E-state index in [1.165, 1.54) is 0 Å². The van der Waals surface area contributed by atoms with Gasteiger partial charge in [-0.05, 0) is 15.9 Å². The molecule has 0 aliphatic rings. The summed E-state index contributed by atoms with van der Waals surface area (Å²) in [5.74, 6) is 0. The van der Waals surface area contributed by atoms with E-state index in [1.807, 2.05) is 0 Å². The van der Waals surface area contributed by atoms with Crippen LogP contribution in [0.25, 0.3) is 0 Å². The van der Waals surface area contributed by atoms with E-state index in [2.05, 4.69) is 26.2 Å². The Bertz CT molecular complexity index is 778. The van der Waals surface area contributed by atoms with Gasteiger partial charge >= 0.3 is 0 Å². The fourth-order valence-corrected chi connectivity index (χ4v) is 2.47. The fraction of sp³-hybridized carbons (Fsp3) is 0.167. The van der Waals surface area contributed by atoms with Gasteiger partial charge in [-0.3, -0.25) is 29.8 Å². The normalized spacial score (nSPS) is 11.3. The Labute approximate surface area is 146 Å². The lowest BCUT2D eigenvalue weighted by Crippen LogP contribution is -2.29. The van der Waals surface area contributed by atoms with Gasteiger partial charge in [0.15, 0.2) is 31.2 Å². The van der Waals surface area contributed by atoms with E-state index in [9.17, 15) is 39.4 Å². The lowest BCUT2D eigenvalue weighted by atomic mass is 9.92. The maximum absolute atomic E-state index is 11.5. The highest BCUT2D eigenvalue weighted by Gasteiger charge is 2.42. The van der Waals surface area contributed by atoms with Gasteiger partial charge in [0, 0.05) is 10.5 Å². The van der Waals surface area contributed by atoms with Crippen LogP contribution in [0.2, 0.25) is 0 Å². The minimum Gasteiger partial charge on any atom is -0.300 e. The van der Waals surface area contributed by atoms with Crippen molar-refractivity contribution in [3.05, 3.63) is 42.4 Å². The predicted octanol–water partition coefficient (Wildman–Crippen LogP) is 1.08. The van der Waals surface area contributed by atoms with Crippen molar-refractivity contribution < 1.29 is 29.0 Å². The molecule has 1 rings (SSSR count).